The molecule has 0 radical (unpaired) electrons. The van der Waals surface area contributed by atoms with Gasteiger partial charge in [-0.15, -0.1) is 0 Å². The molecular weight excluding hydrogens is 252 g/mol. The fourth-order valence-corrected chi connectivity index (χ4v) is 1.71. The van der Waals surface area contributed by atoms with Gasteiger partial charge in [0.05, 0.1) is 0 Å². The van der Waals surface area contributed by atoms with Crippen molar-refractivity contribution in [3.05, 3.63) is 16.6 Å². The highest BCUT2D eigenvalue weighted by atomic mass is 79.9. The van der Waals surface area contributed by atoms with Crippen LogP contribution in [0.25, 0.3) is 0 Å². The molecule has 1 aromatic rings. The second-order valence-electron chi connectivity index (χ2n) is 2.66. The molecule has 0 aromatic heterocycles. The summed E-state index contributed by atoms with van der Waals surface area (Å²) in [6.45, 7) is 0.458. The predicted molar refractivity (Wildman–Crippen MR) is 52.8 cm³/mol. The van der Waals surface area contributed by atoms with Gasteiger partial charge >= 0.3 is 0 Å². The molecule has 1 heterocycles. The molecule has 1 aliphatic heterocycles. The largest absolute Gasteiger partial charge is 0.466 e. The van der Waals surface area contributed by atoms with Gasteiger partial charge in [0.25, 0.3) is 0 Å². The Labute approximate surface area is 89.8 Å². The van der Waals surface area contributed by atoms with Crippen molar-refractivity contribution < 1.29 is 18.9 Å². The number of fused-ring (bicyclic) bond motifs is 1. The molecule has 1 aliphatic rings. The summed E-state index contributed by atoms with van der Waals surface area (Å²) < 4.78 is 21.3. The third-order valence-corrected chi connectivity index (χ3v) is 2.53. The van der Waals surface area contributed by atoms with Crippen molar-refractivity contribution in [2.75, 3.05) is 20.7 Å². The maximum Gasteiger partial charge on any atom is 0.231 e. The van der Waals surface area contributed by atoms with E-state index in [0.29, 0.717) is 11.5 Å². The van der Waals surface area contributed by atoms with Crippen LogP contribution < -0.4 is 14.2 Å². The lowest BCUT2D eigenvalue weighted by Gasteiger charge is -2.08. The monoisotopic (exact) mass is 260 g/mol. The number of benzene rings is 1. The quantitative estimate of drug-likeness (QED) is 0.781. The molecule has 0 saturated heterocycles. The van der Waals surface area contributed by atoms with Gasteiger partial charge in [-0.1, -0.05) is 0 Å². The summed E-state index contributed by atoms with van der Waals surface area (Å²) in [6, 6.07) is 3.61. The van der Waals surface area contributed by atoms with Crippen molar-refractivity contribution in [1.29, 1.82) is 0 Å². The van der Waals surface area contributed by atoms with E-state index >= 15 is 0 Å². The van der Waals surface area contributed by atoms with Crippen LogP contribution in [-0.2, 0) is 4.74 Å². The molecule has 1 aromatic carbocycles. The lowest BCUT2D eigenvalue weighted by atomic mass is 10.3. The Bertz CT molecular complexity index is 340. The Balaban J connectivity index is 2.26. The molecule has 2 rings (SSSR count). The summed E-state index contributed by atoms with van der Waals surface area (Å²) in [4.78, 5) is 0. The summed E-state index contributed by atoms with van der Waals surface area (Å²) in [5.41, 5.74) is 0. The number of halogens is 1. The van der Waals surface area contributed by atoms with Crippen LogP contribution in [0.3, 0.4) is 0 Å². The van der Waals surface area contributed by atoms with Crippen LogP contribution >= 0.6 is 15.9 Å². The Morgan fingerprint density at radius 2 is 2.29 bits per heavy atom. The van der Waals surface area contributed by atoms with Gasteiger partial charge < -0.3 is 18.9 Å². The van der Waals surface area contributed by atoms with E-state index in [2.05, 4.69) is 15.9 Å². The average molecular weight is 261 g/mol. The van der Waals surface area contributed by atoms with E-state index < -0.39 is 0 Å². The Morgan fingerprint density at radius 3 is 3.07 bits per heavy atom. The third kappa shape index (κ3) is 1.65. The van der Waals surface area contributed by atoms with Crippen molar-refractivity contribution in [2.45, 2.75) is 0 Å². The molecule has 76 valence electrons. The SMILES string of the molecule is COCOc1ccc2c(c1Br)OCO2. The molecule has 0 atom stereocenters. The van der Waals surface area contributed by atoms with Crippen molar-refractivity contribution >= 4 is 15.9 Å². The number of rotatable bonds is 3. The van der Waals surface area contributed by atoms with Crippen molar-refractivity contribution in [2.24, 2.45) is 0 Å². The van der Waals surface area contributed by atoms with Crippen molar-refractivity contribution in [3.63, 3.8) is 0 Å². The van der Waals surface area contributed by atoms with Crippen LogP contribution in [-0.4, -0.2) is 20.7 Å². The molecule has 0 amide bonds. The second-order valence-corrected chi connectivity index (χ2v) is 3.46. The van der Waals surface area contributed by atoms with Gasteiger partial charge in [-0.25, -0.2) is 0 Å². The fourth-order valence-electron chi connectivity index (χ4n) is 1.15. The topological polar surface area (TPSA) is 36.9 Å². The molecule has 14 heavy (non-hydrogen) atoms. The number of hydrogen-bond donors (Lipinski definition) is 0. The second kappa shape index (κ2) is 4.06. The minimum atomic E-state index is 0.207. The van der Waals surface area contributed by atoms with Crippen LogP contribution in [0.15, 0.2) is 16.6 Å². The number of ether oxygens (including phenoxy) is 4. The van der Waals surface area contributed by atoms with Gasteiger partial charge in [-0.05, 0) is 28.1 Å². The van der Waals surface area contributed by atoms with Crippen LogP contribution in [0, 0.1) is 0 Å². The average Bonchev–Trinajstić information content (AvgIpc) is 2.66. The van der Waals surface area contributed by atoms with Gasteiger partial charge in [-0.2, -0.15) is 0 Å². The molecule has 0 spiro atoms. The zero-order chi connectivity index (χ0) is 9.97. The van der Waals surface area contributed by atoms with E-state index in [0.717, 1.165) is 10.2 Å². The standard InChI is InChI=1S/C9H9BrO4/c1-11-4-12-6-2-3-7-9(8(6)10)14-5-13-7/h2-3H,4-5H2,1H3. The lowest BCUT2D eigenvalue weighted by molar-refractivity contribution is 0.0504. The first-order valence-electron chi connectivity index (χ1n) is 4.02. The first kappa shape index (κ1) is 9.61. The van der Waals surface area contributed by atoms with Gasteiger partial charge in [0.2, 0.25) is 6.79 Å². The molecule has 0 aliphatic carbocycles. The highest BCUT2D eigenvalue weighted by Crippen LogP contribution is 2.44. The highest BCUT2D eigenvalue weighted by molar-refractivity contribution is 9.10. The van der Waals surface area contributed by atoms with Crippen LogP contribution in [0.4, 0.5) is 0 Å². The zero-order valence-corrected chi connectivity index (χ0v) is 9.17. The normalized spacial score (nSPS) is 13.0. The molecule has 0 unspecified atom stereocenters. The van der Waals surface area contributed by atoms with E-state index in [9.17, 15) is 0 Å². The van der Waals surface area contributed by atoms with Crippen LogP contribution in [0.5, 0.6) is 17.2 Å². The highest BCUT2D eigenvalue weighted by Gasteiger charge is 2.19. The third-order valence-electron chi connectivity index (χ3n) is 1.78. The first-order chi connectivity index (χ1) is 6.83. The zero-order valence-electron chi connectivity index (χ0n) is 7.58. The summed E-state index contributed by atoms with van der Waals surface area (Å²) in [5.74, 6) is 2.08. The summed E-state index contributed by atoms with van der Waals surface area (Å²) in [5, 5.41) is 0. The molecule has 4 nitrogen and oxygen atoms in total. The van der Waals surface area contributed by atoms with E-state index in [-0.39, 0.29) is 13.6 Å². The Morgan fingerprint density at radius 1 is 1.43 bits per heavy atom. The van der Waals surface area contributed by atoms with E-state index in [4.69, 9.17) is 18.9 Å². The Kier molecular flexibility index (Phi) is 2.79. The summed E-state index contributed by atoms with van der Waals surface area (Å²) in [6.07, 6.45) is 0. The predicted octanol–water partition coefficient (Wildman–Crippen LogP) is 2.16. The van der Waals surface area contributed by atoms with Crippen molar-refractivity contribution in [3.8, 4) is 17.2 Å². The summed E-state index contributed by atoms with van der Waals surface area (Å²) >= 11 is 3.38. The van der Waals surface area contributed by atoms with E-state index in [1.165, 1.54) is 0 Å². The van der Waals surface area contributed by atoms with E-state index in [1.54, 1.807) is 19.2 Å². The minimum Gasteiger partial charge on any atom is -0.466 e. The summed E-state index contributed by atoms with van der Waals surface area (Å²) in [7, 11) is 1.57. The Hall–Kier alpha value is -0.940. The first-order valence-corrected chi connectivity index (χ1v) is 4.82. The number of methoxy groups -OCH3 is 1. The number of hydrogen-bond acceptors (Lipinski definition) is 4. The van der Waals surface area contributed by atoms with E-state index in [1.807, 2.05) is 0 Å². The molecule has 0 saturated carbocycles. The van der Waals surface area contributed by atoms with Gasteiger partial charge in [-0.3, -0.25) is 0 Å². The maximum atomic E-state index is 5.31. The minimum absolute atomic E-state index is 0.207. The molecular formula is C9H9BrO4. The van der Waals surface area contributed by atoms with Crippen LogP contribution in [0.2, 0.25) is 0 Å². The van der Waals surface area contributed by atoms with Crippen molar-refractivity contribution in [1.82, 2.24) is 0 Å². The maximum absolute atomic E-state index is 5.31. The fraction of sp³-hybridized carbons (Fsp3) is 0.333. The van der Waals surface area contributed by atoms with Crippen LogP contribution in [0.1, 0.15) is 0 Å². The molecule has 5 heteroatoms. The molecule has 0 fully saturated rings. The lowest BCUT2D eigenvalue weighted by Crippen LogP contribution is -1.99. The molecule has 0 N–H and O–H groups in total. The van der Waals surface area contributed by atoms with Gasteiger partial charge in [0.1, 0.15) is 10.2 Å². The van der Waals surface area contributed by atoms with Gasteiger partial charge in [0, 0.05) is 7.11 Å². The smallest absolute Gasteiger partial charge is 0.231 e. The molecule has 0 bridgehead atoms. The van der Waals surface area contributed by atoms with Gasteiger partial charge in [0.15, 0.2) is 18.3 Å².